The van der Waals surface area contributed by atoms with Crippen LogP contribution in [-0.2, 0) is 28.0 Å². The SMILES string of the molecule is CCc1ccc(F)cc1[C@H](Cn1c(=O)n(C(C)(C)C(=O)NC(C)C)c(=O)c2c(C)c(-n3nccn3)sc21)OCC(C)C#N. The maximum absolute atomic E-state index is 14.6. The molecular formula is C30H36FN7O4S. The molecule has 0 saturated carbocycles. The van der Waals surface area contributed by atoms with Crippen LogP contribution < -0.4 is 16.6 Å². The minimum Gasteiger partial charge on any atom is -0.370 e. The van der Waals surface area contributed by atoms with E-state index in [4.69, 9.17) is 4.74 Å². The van der Waals surface area contributed by atoms with Crippen LogP contribution in [0.2, 0.25) is 0 Å². The molecule has 1 unspecified atom stereocenters. The van der Waals surface area contributed by atoms with Gasteiger partial charge in [-0.2, -0.15) is 15.5 Å². The molecule has 228 valence electrons. The number of hydrogen-bond acceptors (Lipinski definition) is 8. The van der Waals surface area contributed by atoms with E-state index in [0.717, 1.165) is 21.5 Å². The second kappa shape index (κ2) is 12.6. The van der Waals surface area contributed by atoms with Crippen molar-refractivity contribution in [2.75, 3.05) is 6.61 Å². The molecule has 43 heavy (non-hydrogen) atoms. The Labute approximate surface area is 252 Å². The van der Waals surface area contributed by atoms with Crippen molar-refractivity contribution in [1.29, 1.82) is 5.26 Å². The van der Waals surface area contributed by atoms with Crippen LogP contribution in [0.25, 0.3) is 15.2 Å². The Morgan fingerprint density at radius 3 is 2.49 bits per heavy atom. The lowest BCUT2D eigenvalue weighted by molar-refractivity contribution is -0.129. The predicted octanol–water partition coefficient (Wildman–Crippen LogP) is 3.99. The average Bonchev–Trinajstić information content (AvgIpc) is 3.60. The Morgan fingerprint density at radius 2 is 1.88 bits per heavy atom. The summed E-state index contributed by atoms with van der Waals surface area (Å²) in [7, 11) is 0. The standard InChI is InChI=1S/C30H36FN7O4S/c1-8-20-9-10-21(31)13-22(20)23(42-16-18(4)14-32)15-36-27-24(19(5)26(43-27)38-33-11-12-34-38)25(39)37(29(36)41)30(6,7)28(40)35-17(2)3/h9-13,17-18,23H,8,15-16H2,1-7H3,(H,35,40)/t18?,23-/m0/s1. The van der Waals surface area contributed by atoms with Crippen molar-refractivity contribution < 1.29 is 13.9 Å². The molecule has 0 fully saturated rings. The number of carbonyl (C=O) groups is 1. The Morgan fingerprint density at radius 1 is 1.21 bits per heavy atom. The lowest BCUT2D eigenvalue weighted by atomic mass is 9.99. The molecule has 13 heteroatoms. The quantitative estimate of drug-likeness (QED) is 0.272. The summed E-state index contributed by atoms with van der Waals surface area (Å²) in [5, 5.41) is 21.4. The summed E-state index contributed by atoms with van der Waals surface area (Å²) in [6, 6.07) is 6.32. The van der Waals surface area contributed by atoms with Gasteiger partial charge in [-0.05, 0) is 71.2 Å². The summed E-state index contributed by atoms with van der Waals surface area (Å²) in [6.07, 6.45) is 2.73. The van der Waals surface area contributed by atoms with Gasteiger partial charge in [0.1, 0.15) is 27.3 Å². The summed E-state index contributed by atoms with van der Waals surface area (Å²) in [6.45, 7) is 11.9. The van der Waals surface area contributed by atoms with Gasteiger partial charge in [0.25, 0.3) is 5.56 Å². The molecule has 11 nitrogen and oxygen atoms in total. The number of aryl methyl sites for hydroxylation is 2. The minimum atomic E-state index is -1.56. The second-order valence-electron chi connectivity index (χ2n) is 11.3. The Hall–Kier alpha value is -4.15. The van der Waals surface area contributed by atoms with Gasteiger partial charge in [-0.15, -0.1) is 4.80 Å². The molecule has 0 spiro atoms. The molecule has 1 N–H and O–H groups in total. The number of nitrogens with zero attached hydrogens (tertiary/aromatic N) is 6. The van der Waals surface area contributed by atoms with Crippen LogP contribution in [0.3, 0.4) is 0 Å². The summed E-state index contributed by atoms with van der Waals surface area (Å²) in [5.41, 5.74) is -1.02. The lowest BCUT2D eigenvalue weighted by Gasteiger charge is -2.29. The van der Waals surface area contributed by atoms with Gasteiger partial charge in [-0.25, -0.2) is 13.8 Å². The molecule has 0 bridgehead atoms. The van der Waals surface area contributed by atoms with Crippen molar-refractivity contribution in [3.63, 3.8) is 0 Å². The normalized spacial score (nSPS) is 13.3. The summed E-state index contributed by atoms with van der Waals surface area (Å²) >= 11 is 1.16. The molecule has 2 atom stereocenters. The highest BCUT2D eigenvalue weighted by molar-refractivity contribution is 7.21. The summed E-state index contributed by atoms with van der Waals surface area (Å²) in [5.74, 6) is -1.43. The third-order valence-electron chi connectivity index (χ3n) is 7.27. The van der Waals surface area contributed by atoms with Crippen LogP contribution in [0.4, 0.5) is 4.39 Å². The first-order chi connectivity index (χ1) is 20.3. The van der Waals surface area contributed by atoms with Gasteiger partial charge in [0, 0.05) is 11.6 Å². The van der Waals surface area contributed by atoms with Crippen molar-refractivity contribution in [1.82, 2.24) is 29.4 Å². The van der Waals surface area contributed by atoms with E-state index in [1.165, 1.54) is 47.7 Å². The van der Waals surface area contributed by atoms with Gasteiger partial charge in [-0.3, -0.25) is 14.2 Å². The smallest absolute Gasteiger partial charge is 0.333 e. The number of carbonyl (C=O) groups excluding carboxylic acids is 1. The molecule has 0 radical (unpaired) electrons. The van der Waals surface area contributed by atoms with Gasteiger partial charge in [0.2, 0.25) is 5.91 Å². The number of fused-ring (bicyclic) bond motifs is 1. The van der Waals surface area contributed by atoms with E-state index in [2.05, 4.69) is 21.6 Å². The zero-order valence-electron chi connectivity index (χ0n) is 25.3. The largest absolute Gasteiger partial charge is 0.370 e. The fraction of sp³-hybridized carbons (Fsp3) is 0.467. The lowest BCUT2D eigenvalue weighted by Crippen LogP contribution is -2.56. The van der Waals surface area contributed by atoms with Crippen molar-refractivity contribution in [3.8, 4) is 11.1 Å². The highest BCUT2D eigenvalue weighted by atomic mass is 32.1. The zero-order chi connectivity index (χ0) is 31.6. The van der Waals surface area contributed by atoms with Crippen molar-refractivity contribution in [3.05, 3.63) is 73.9 Å². The first kappa shape index (κ1) is 31.8. The molecule has 1 aromatic carbocycles. The number of amides is 1. The predicted molar refractivity (Wildman–Crippen MR) is 162 cm³/mol. The highest BCUT2D eigenvalue weighted by Crippen LogP contribution is 2.33. The molecule has 4 aromatic rings. The van der Waals surface area contributed by atoms with E-state index >= 15 is 0 Å². The van der Waals surface area contributed by atoms with E-state index < -0.39 is 40.5 Å². The van der Waals surface area contributed by atoms with Gasteiger partial charge in [-0.1, -0.05) is 24.3 Å². The fourth-order valence-corrected chi connectivity index (χ4v) is 6.15. The van der Waals surface area contributed by atoms with Crippen molar-refractivity contribution in [2.45, 2.75) is 79.1 Å². The number of halogens is 1. The number of thiophene rings is 1. The molecule has 0 aliphatic rings. The number of rotatable bonds is 11. The van der Waals surface area contributed by atoms with Gasteiger partial charge in [0.05, 0.1) is 42.9 Å². The maximum atomic E-state index is 14.6. The molecule has 0 aliphatic heterocycles. The van der Waals surface area contributed by atoms with Crippen molar-refractivity contribution in [2.24, 2.45) is 5.92 Å². The van der Waals surface area contributed by atoms with Crippen molar-refractivity contribution >= 4 is 27.5 Å². The van der Waals surface area contributed by atoms with E-state index in [1.54, 1.807) is 33.8 Å². The Balaban J connectivity index is 2.03. The van der Waals surface area contributed by atoms with Gasteiger partial charge in [0.15, 0.2) is 0 Å². The zero-order valence-corrected chi connectivity index (χ0v) is 26.2. The number of benzene rings is 1. The van der Waals surface area contributed by atoms with Crippen LogP contribution in [-0.4, -0.2) is 42.7 Å². The third kappa shape index (κ3) is 6.16. The number of nitrogens with one attached hydrogen (secondary N) is 1. The van der Waals surface area contributed by atoms with E-state index in [1.807, 2.05) is 6.92 Å². The number of ether oxygens (including phenoxy) is 1. The van der Waals surface area contributed by atoms with Crippen LogP contribution in [0.1, 0.15) is 64.3 Å². The third-order valence-corrected chi connectivity index (χ3v) is 8.55. The first-order valence-electron chi connectivity index (χ1n) is 14.1. The topological polar surface area (TPSA) is 137 Å². The minimum absolute atomic E-state index is 0.0343. The summed E-state index contributed by atoms with van der Waals surface area (Å²) in [4.78, 5) is 43.5. The Kier molecular flexibility index (Phi) is 9.32. The second-order valence-corrected chi connectivity index (χ2v) is 12.3. The average molecular weight is 610 g/mol. The van der Waals surface area contributed by atoms with E-state index in [-0.39, 0.29) is 24.6 Å². The number of hydrogen-bond donors (Lipinski definition) is 1. The Bertz CT molecular complexity index is 1800. The molecule has 3 heterocycles. The molecule has 0 aliphatic carbocycles. The molecule has 3 aromatic heterocycles. The van der Waals surface area contributed by atoms with Gasteiger partial charge >= 0.3 is 5.69 Å². The fourth-order valence-electron chi connectivity index (χ4n) is 4.93. The monoisotopic (exact) mass is 609 g/mol. The number of nitriles is 1. The van der Waals surface area contributed by atoms with Crippen LogP contribution >= 0.6 is 11.3 Å². The van der Waals surface area contributed by atoms with Crippen LogP contribution in [0.5, 0.6) is 0 Å². The molecular weight excluding hydrogens is 573 g/mol. The van der Waals surface area contributed by atoms with Crippen LogP contribution in [0, 0.1) is 30.0 Å². The first-order valence-corrected chi connectivity index (χ1v) is 14.9. The van der Waals surface area contributed by atoms with E-state index in [0.29, 0.717) is 27.4 Å². The number of aromatic nitrogens is 5. The molecule has 1 amide bonds. The molecule has 4 rings (SSSR count). The van der Waals surface area contributed by atoms with Gasteiger partial charge < -0.3 is 10.1 Å². The maximum Gasteiger partial charge on any atom is 0.333 e. The van der Waals surface area contributed by atoms with E-state index in [9.17, 15) is 24.0 Å². The summed E-state index contributed by atoms with van der Waals surface area (Å²) < 4.78 is 23.2. The highest BCUT2D eigenvalue weighted by Gasteiger charge is 2.36. The molecule has 0 saturated heterocycles. The van der Waals surface area contributed by atoms with Crippen LogP contribution in [0.15, 0.2) is 40.2 Å².